The average molecular weight is 354 g/mol. The summed E-state index contributed by atoms with van der Waals surface area (Å²) >= 11 is 0. The van der Waals surface area contributed by atoms with E-state index >= 15 is 0 Å². The minimum atomic E-state index is -0.375. The number of allylic oxidation sites excluding steroid dienone is 2. The lowest BCUT2D eigenvalue weighted by molar-refractivity contribution is -0.140. The Balaban J connectivity index is 1.24. The van der Waals surface area contributed by atoms with Gasteiger partial charge in [0.2, 0.25) is 17.7 Å². The average Bonchev–Trinajstić information content (AvgIpc) is 3.41. The summed E-state index contributed by atoms with van der Waals surface area (Å²) in [7, 11) is 0. The van der Waals surface area contributed by atoms with Gasteiger partial charge >= 0.3 is 0 Å². The molecular weight excluding hydrogens is 335 g/mol. The number of anilines is 1. The predicted octanol–water partition coefficient (Wildman–Crippen LogP) is 2.21. The van der Waals surface area contributed by atoms with Gasteiger partial charge in [-0.05, 0) is 54.4 Å². The first-order chi connectivity index (χ1) is 12.5. The van der Waals surface area contributed by atoms with Gasteiger partial charge in [-0.1, -0.05) is 12.2 Å². The molecule has 1 aromatic rings. The van der Waals surface area contributed by atoms with E-state index in [9.17, 15) is 18.8 Å². The second-order valence-corrected chi connectivity index (χ2v) is 7.79. The van der Waals surface area contributed by atoms with Crippen molar-refractivity contribution in [3.05, 3.63) is 42.2 Å². The van der Waals surface area contributed by atoms with Gasteiger partial charge in [-0.25, -0.2) is 4.39 Å². The number of amides is 3. The molecule has 5 aliphatic rings. The van der Waals surface area contributed by atoms with Crippen LogP contribution in [0.3, 0.4) is 0 Å². The summed E-state index contributed by atoms with van der Waals surface area (Å²) in [6.07, 6.45) is 5.45. The highest BCUT2D eigenvalue weighted by Gasteiger charge is 2.66. The molecular formula is C20H19FN2O3. The number of nitrogens with zero attached hydrogens (tertiary/aromatic N) is 1. The number of carbonyl (C=O) groups excluding carboxylic acids is 3. The maximum absolute atomic E-state index is 12.9. The molecule has 1 aliphatic heterocycles. The van der Waals surface area contributed by atoms with E-state index in [1.807, 2.05) is 0 Å². The molecule has 1 saturated heterocycles. The predicted molar refractivity (Wildman–Crippen MR) is 91.1 cm³/mol. The molecule has 1 heterocycles. The van der Waals surface area contributed by atoms with Gasteiger partial charge in [-0.3, -0.25) is 19.3 Å². The Morgan fingerprint density at radius 2 is 1.62 bits per heavy atom. The summed E-state index contributed by atoms with van der Waals surface area (Å²) in [5.74, 6) is 0.209. The van der Waals surface area contributed by atoms with Crippen molar-refractivity contribution in [1.29, 1.82) is 0 Å². The smallest absolute Gasteiger partial charge is 0.233 e. The highest BCUT2D eigenvalue weighted by Crippen LogP contribution is 2.65. The largest absolute Gasteiger partial charge is 0.326 e. The van der Waals surface area contributed by atoms with Crippen molar-refractivity contribution in [2.24, 2.45) is 35.5 Å². The monoisotopic (exact) mass is 354 g/mol. The van der Waals surface area contributed by atoms with Crippen molar-refractivity contribution in [2.75, 3.05) is 11.9 Å². The van der Waals surface area contributed by atoms with Crippen molar-refractivity contribution in [3.8, 4) is 0 Å². The molecule has 1 N–H and O–H groups in total. The molecule has 4 aliphatic carbocycles. The number of halogens is 1. The van der Waals surface area contributed by atoms with Crippen molar-refractivity contribution in [1.82, 2.24) is 4.90 Å². The molecule has 6 heteroatoms. The van der Waals surface area contributed by atoms with Crippen LogP contribution in [0.5, 0.6) is 0 Å². The van der Waals surface area contributed by atoms with Crippen LogP contribution in [0, 0.1) is 41.3 Å². The van der Waals surface area contributed by atoms with E-state index in [2.05, 4.69) is 17.5 Å². The Morgan fingerprint density at radius 1 is 1.04 bits per heavy atom. The minimum absolute atomic E-state index is 0.0456. The van der Waals surface area contributed by atoms with Gasteiger partial charge in [0.25, 0.3) is 0 Å². The standard InChI is InChI=1S/C20H19FN2O3/c21-10-1-3-11(4-2-10)22-16(24)7-8-23-19(25)17-12-5-6-13(15-9-14(12)15)18(17)20(23)26/h1-6,12-15,17-18H,7-9H2,(H,22,24)/t12-,13-,14-,15-,17-,18+/m0/s1. The minimum Gasteiger partial charge on any atom is -0.326 e. The topological polar surface area (TPSA) is 66.5 Å². The Hall–Kier alpha value is -2.50. The lowest BCUT2D eigenvalue weighted by atomic mass is 9.63. The van der Waals surface area contributed by atoms with Gasteiger partial charge in [-0.2, -0.15) is 0 Å². The summed E-state index contributed by atoms with van der Waals surface area (Å²) in [6, 6.07) is 5.48. The van der Waals surface area contributed by atoms with Crippen LogP contribution >= 0.6 is 0 Å². The number of rotatable bonds is 4. The molecule has 134 valence electrons. The molecule has 26 heavy (non-hydrogen) atoms. The highest BCUT2D eigenvalue weighted by atomic mass is 19.1. The highest BCUT2D eigenvalue weighted by molar-refractivity contribution is 6.06. The second-order valence-electron chi connectivity index (χ2n) is 7.79. The fraction of sp³-hybridized carbons (Fsp3) is 0.450. The van der Waals surface area contributed by atoms with E-state index < -0.39 is 0 Å². The Morgan fingerprint density at radius 3 is 2.19 bits per heavy atom. The zero-order chi connectivity index (χ0) is 18.0. The second kappa shape index (κ2) is 5.50. The molecule has 0 aromatic heterocycles. The van der Waals surface area contributed by atoms with Crippen LogP contribution in [0.15, 0.2) is 36.4 Å². The molecule has 2 saturated carbocycles. The first kappa shape index (κ1) is 15.7. The van der Waals surface area contributed by atoms with E-state index in [0.717, 1.165) is 6.42 Å². The van der Waals surface area contributed by atoms with E-state index in [0.29, 0.717) is 17.5 Å². The van der Waals surface area contributed by atoms with Gasteiger partial charge in [0, 0.05) is 18.7 Å². The van der Waals surface area contributed by atoms with Crippen LogP contribution in [-0.2, 0) is 14.4 Å². The molecule has 6 atom stereocenters. The Labute approximate surface area is 150 Å². The quantitative estimate of drug-likeness (QED) is 0.666. The van der Waals surface area contributed by atoms with Crippen molar-refractivity contribution >= 4 is 23.4 Å². The zero-order valence-corrected chi connectivity index (χ0v) is 14.1. The molecule has 0 unspecified atom stereocenters. The van der Waals surface area contributed by atoms with Crippen molar-refractivity contribution < 1.29 is 18.8 Å². The van der Waals surface area contributed by atoms with E-state index in [1.165, 1.54) is 29.2 Å². The zero-order valence-electron chi connectivity index (χ0n) is 14.1. The first-order valence-corrected chi connectivity index (χ1v) is 9.13. The molecule has 3 fully saturated rings. The summed E-state index contributed by atoms with van der Waals surface area (Å²) in [4.78, 5) is 39.0. The maximum atomic E-state index is 12.9. The summed E-state index contributed by atoms with van der Waals surface area (Å²) in [6.45, 7) is 0.104. The van der Waals surface area contributed by atoms with Gasteiger partial charge in [0.1, 0.15) is 5.82 Å². The fourth-order valence-electron chi connectivity index (χ4n) is 5.21. The summed E-state index contributed by atoms with van der Waals surface area (Å²) in [5.41, 5.74) is 0.492. The Bertz CT molecular complexity index is 798. The van der Waals surface area contributed by atoms with E-state index in [4.69, 9.17) is 0 Å². The number of hydrogen-bond donors (Lipinski definition) is 1. The summed E-state index contributed by atoms with van der Waals surface area (Å²) in [5, 5.41) is 2.66. The van der Waals surface area contributed by atoms with Crippen LogP contribution in [0.4, 0.5) is 10.1 Å². The molecule has 0 spiro atoms. The lowest BCUT2D eigenvalue weighted by Crippen LogP contribution is -2.40. The third-order valence-corrected chi connectivity index (χ3v) is 6.44. The molecule has 6 rings (SSSR count). The Kier molecular flexibility index (Phi) is 3.33. The third-order valence-electron chi connectivity index (χ3n) is 6.44. The van der Waals surface area contributed by atoms with Gasteiger partial charge in [0.15, 0.2) is 0 Å². The van der Waals surface area contributed by atoms with Crippen LogP contribution in [0.25, 0.3) is 0 Å². The number of nitrogens with one attached hydrogen (secondary N) is 1. The van der Waals surface area contributed by atoms with Crippen LogP contribution in [-0.4, -0.2) is 29.2 Å². The molecule has 5 nitrogen and oxygen atoms in total. The fourth-order valence-corrected chi connectivity index (χ4v) is 5.21. The van der Waals surface area contributed by atoms with Gasteiger partial charge in [-0.15, -0.1) is 0 Å². The third kappa shape index (κ3) is 2.24. The number of hydrogen-bond acceptors (Lipinski definition) is 3. The molecule has 1 aromatic carbocycles. The van der Waals surface area contributed by atoms with E-state index in [-0.39, 0.29) is 60.2 Å². The molecule has 2 bridgehead atoms. The molecule has 3 amide bonds. The van der Waals surface area contributed by atoms with E-state index in [1.54, 1.807) is 0 Å². The lowest BCUT2D eigenvalue weighted by Gasteiger charge is -2.37. The van der Waals surface area contributed by atoms with Crippen LogP contribution in [0.2, 0.25) is 0 Å². The summed E-state index contributed by atoms with van der Waals surface area (Å²) < 4.78 is 12.9. The SMILES string of the molecule is O=C(CCN1C(=O)[C@@H]2[C@H]3C=C[C@@H]([C@@H]4C[C@@H]34)[C@@H]2C1=O)Nc1ccc(F)cc1. The van der Waals surface area contributed by atoms with Gasteiger partial charge in [0.05, 0.1) is 11.8 Å². The van der Waals surface area contributed by atoms with Crippen LogP contribution < -0.4 is 5.32 Å². The number of carbonyl (C=O) groups is 3. The van der Waals surface area contributed by atoms with Gasteiger partial charge < -0.3 is 5.32 Å². The van der Waals surface area contributed by atoms with Crippen LogP contribution in [0.1, 0.15) is 12.8 Å². The number of imide groups is 1. The normalized spacial score (nSPS) is 36.1. The maximum Gasteiger partial charge on any atom is 0.233 e. The van der Waals surface area contributed by atoms with Crippen molar-refractivity contribution in [3.63, 3.8) is 0 Å². The number of benzene rings is 1. The molecule has 0 radical (unpaired) electrons. The first-order valence-electron chi connectivity index (χ1n) is 9.13. The number of likely N-dealkylation sites (tertiary alicyclic amines) is 1. The van der Waals surface area contributed by atoms with Crippen molar-refractivity contribution in [2.45, 2.75) is 12.8 Å².